The minimum absolute atomic E-state index is 0.197. The van der Waals surface area contributed by atoms with Crippen LogP contribution in [0.1, 0.15) is 23.3 Å². The molecule has 0 aromatic carbocycles. The first-order valence-electron chi connectivity index (χ1n) is 5.09. The quantitative estimate of drug-likeness (QED) is 0.814. The van der Waals surface area contributed by atoms with E-state index in [9.17, 15) is 4.79 Å². The van der Waals surface area contributed by atoms with Crippen molar-refractivity contribution in [1.82, 2.24) is 15.3 Å². The SMILES string of the molecule is O=C(NCC1CC(O)C1)c1cnc(Cl)cn1. The lowest BCUT2D eigenvalue weighted by Gasteiger charge is -2.31. The van der Waals surface area contributed by atoms with E-state index in [-0.39, 0.29) is 22.9 Å². The maximum absolute atomic E-state index is 11.6. The van der Waals surface area contributed by atoms with Gasteiger partial charge in [-0.05, 0) is 18.8 Å². The van der Waals surface area contributed by atoms with Gasteiger partial charge in [0.15, 0.2) is 0 Å². The first-order chi connectivity index (χ1) is 7.65. The molecule has 0 radical (unpaired) electrons. The Balaban J connectivity index is 1.81. The van der Waals surface area contributed by atoms with Crippen molar-refractivity contribution < 1.29 is 9.90 Å². The highest BCUT2D eigenvalue weighted by Gasteiger charge is 2.27. The van der Waals surface area contributed by atoms with Gasteiger partial charge < -0.3 is 10.4 Å². The molecule has 1 fully saturated rings. The van der Waals surface area contributed by atoms with E-state index in [4.69, 9.17) is 16.7 Å². The molecular weight excluding hydrogens is 230 g/mol. The zero-order valence-electron chi connectivity index (χ0n) is 8.56. The molecule has 5 nitrogen and oxygen atoms in total. The van der Waals surface area contributed by atoms with Gasteiger partial charge in [-0.15, -0.1) is 0 Å². The largest absolute Gasteiger partial charge is 0.393 e. The van der Waals surface area contributed by atoms with Gasteiger partial charge in [-0.2, -0.15) is 0 Å². The van der Waals surface area contributed by atoms with Crippen LogP contribution >= 0.6 is 11.6 Å². The number of amides is 1. The molecule has 16 heavy (non-hydrogen) atoms. The van der Waals surface area contributed by atoms with Crippen LogP contribution in [-0.4, -0.2) is 33.6 Å². The van der Waals surface area contributed by atoms with Crippen molar-refractivity contribution in [2.24, 2.45) is 5.92 Å². The average Bonchev–Trinajstić information content (AvgIpc) is 2.23. The van der Waals surface area contributed by atoms with Crippen LogP contribution in [0.15, 0.2) is 12.4 Å². The number of hydrogen-bond acceptors (Lipinski definition) is 4. The first-order valence-corrected chi connectivity index (χ1v) is 5.47. The van der Waals surface area contributed by atoms with Gasteiger partial charge in [0.05, 0.1) is 18.5 Å². The summed E-state index contributed by atoms with van der Waals surface area (Å²) < 4.78 is 0. The van der Waals surface area contributed by atoms with Crippen molar-refractivity contribution in [3.8, 4) is 0 Å². The van der Waals surface area contributed by atoms with Crippen LogP contribution in [0.3, 0.4) is 0 Å². The molecule has 86 valence electrons. The van der Waals surface area contributed by atoms with Crippen molar-refractivity contribution in [2.75, 3.05) is 6.54 Å². The number of carbonyl (C=O) groups is 1. The lowest BCUT2D eigenvalue weighted by atomic mass is 9.82. The Morgan fingerprint density at radius 1 is 1.50 bits per heavy atom. The van der Waals surface area contributed by atoms with Gasteiger partial charge in [-0.1, -0.05) is 11.6 Å². The number of aliphatic hydroxyl groups excluding tert-OH is 1. The molecule has 1 heterocycles. The molecule has 0 atom stereocenters. The summed E-state index contributed by atoms with van der Waals surface area (Å²) in [4.78, 5) is 19.2. The second-order valence-corrected chi connectivity index (χ2v) is 4.31. The molecular formula is C10H12ClN3O2. The highest BCUT2D eigenvalue weighted by Crippen LogP contribution is 2.26. The summed E-state index contributed by atoms with van der Waals surface area (Å²) in [7, 11) is 0. The highest BCUT2D eigenvalue weighted by molar-refractivity contribution is 6.29. The van der Waals surface area contributed by atoms with Gasteiger partial charge in [-0.25, -0.2) is 9.97 Å². The fourth-order valence-electron chi connectivity index (χ4n) is 1.62. The van der Waals surface area contributed by atoms with Crippen molar-refractivity contribution in [3.05, 3.63) is 23.2 Å². The molecule has 0 saturated heterocycles. The molecule has 6 heteroatoms. The number of rotatable bonds is 3. The molecule has 1 saturated carbocycles. The number of carbonyl (C=O) groups excluding carboxylic acids is 1. The minimum Gasteiger partial charge on any atom is -0.393 e. The summed E-state index contributed by atoms with van der Waals surface area (Å²) in [5, 5.41) is 12.1. The number of halogens is 1. The molecule has 0 unspecified atom stereocenters. The van der Waals surface area contributed by atoms with Crippen molar-refractivity contribution >= 4 is 17.5 Å². The van der Waals surface area contributed by atoms with Crippen LogP contribution in [0.2, 0.25) is 5.15 Å². The summed E-state index contributed by atoms with van der Waals surface area (Å²) in [5.74, 6) is 0.116. The normalized spacial score (nSPS) is 23.6. The van der Waals surface area contributed by atoms with Crippen LogP contribution < -0.4 is 5.32 Å². The van der Waals surface area contributed by atoms with E-state index in [1.165, 1.54) is 12.4 Å². The molecule has 1 aromatic heterocycles. The van der Waals surface area contributed by atoms with E-state index in [1.807, 2.05) is 0 Å². The molecule has 0 aliphatic heterocycles. The molecule has 1 aliphatic carbocycles. The molecule has 0 bridgehead atoms. The zero-order valence-corrected chi connectivity index (χ0v) is 9.31. The second-order valence-electron chi connectivity index (χ2n) is 3.93. The molecule has 1 amide bonds. The molecule has 0 spiro atoms. The Morgan fingerprint density at radius 2 is 2.25 bits per heavy atom. The standard InChI is InChI=1S/C10H12ClN3O2/c11-9-5-12-8(4-13-9)10(16)14-3-6-1-7(15)2-6/h4-7,15H,1-3H2,(H,14,16). The highest BCUT2D eigenvalue weighted by atomic mass is 35.5. The average molecular weight is 242 g/mol. The Bertz CT molecular complexity index is 376. The van der Waals surface area contributed by atoms with Gasteiger partial charge in [0.1, 0.15) is 10.8 Å². The maximum atomic E-state index is 11.6. The van der Waals surface area contributed by atoms with Crippen LogP contribution in [0.25, 0.3) is 0 Å². The van der Waals surface area contributed by atoms with Gasteiger partial charge in [0.2, 0.25) is 0 Å². The second kappa shape index (κ2) is 4.76. The third-order valence-electron chi connectivity index (χ3n) is 2.62. The van der Waals surface area contributed by atoms with Gasteiger partial charge in [-0.3, -0.25) is 4.79 Å². The smallest absolute Gasteiger partial charge is 0.271 e. The number of nitrogens with zero attached hydrogens (tertiary/aromatic N) is 2. The van der Waals surface area contributed by atoms with E-state index in [2.05, 4.69) is 15.3 Å². The van der Waals surface area contributed by atoms with Crippen molar-refractivity contribution in [3.63, 3.8) is 0 Å². The zero-order chi connectivity index (χ0) is 11.5. The Hall–Kier alpha value is -1.20. The van der Waals surface area contributed by atoms with Crippen molar-refractivity contribution in [1.29, 1.82) is 0 Å². The number of hydrogen-bond donors (Lipinski definition) is 2. The molecule has 2 rings (SSSR count). The summed E-state index contributed by atoms with van der Waals surface area (Å²) in [6.07, 6.45) is 3.99. The number of nitrogens with one attached hydrogen (secondary N) is 1. The third kappa shape index (κ3) is 2.68. The molecule has 1 aliphatic rings. The predicted octanol–water partition coefficient (Wildman–Crippen LogP) is 0.631. The Kier molecular flexibility index (Phi) is 3.36. The van der Waals surface area contributed by atoms with Crippen molar-refractivity contribution in [2.45, 2.75) is 18.9 Å². The topological polar surface area (TPSA) is 75.1 Å². The summed E-state index contributed by atoms with van der Waals surface area (Å²) >= 11 is 5.56. The van der Waals surface area contributed by atoms with Gasteiger partial charge >= 0.3 is 0 Å². The van der Waals surface area contributed by atoms with Crippen LogP contribution in [0.5, 0.6) is 0 Å². The van der Waals surface area contributed by atoms with Gasteiger partial charge in [0.25, 0.3) is 5.91 Å². The lowest BCUT2D eigenvalue weighted by Crippen LogP contribution is -2.38. The molecule has 2 N–H and O–H groups in total. The minimum atomic E-state index is -0.259. The van der Waals surface area contributed by atoms with E-state index in [0.717, 1.165) is 12.8 Å². The number of aromatic nitrogens is 2. The van der Waals surface area contributed by atoms with E-state index >= 15 is 0 Å². The summed E-state index contributed by atoms with van der Waals surface area (Å²) in [6.45, 7) is 0.570. The monoisotopic (exact) mass is 241 g/mol. The Morgan fingerprint density at radius 3 is 2.81 bits per heavy atom. The lowest BCUT2D eigenvalue weighted by molar-refractivity contribution is 0.0419. The number of aliphatic hydroxyl groups is 1. The fraction of sp³-hybridized carbons (Fsp3) is 0.500. The van der Waals surface area contributed by atoms with Crippen LogP contribution in [0.4, 0.5) is 0 Å². The van der Waals surface area contributed by atoms with E-state index < -0.39 is 0 Å². The first kappa shape index (κ1) is 11.3. The summed E-state index contributed by atoms with van der Waals surface area (Å²) in [6, 6.07) is 0. The van der Waals surface area contributed by atoms with Gasteiger partial charge in [0, 0.05) is 6.54 Å². The summed E-state index contributed by atoms with van der Waals surface area (Å²) in [5.41, 5.74) is 0.254. The van der Waals surface area contributed by atoms with Crippen LogP contribution in [0, 0.1) is 5.92 Å². The maximum Gasteiger partial charge on any atom is 0.271 e. The fourth-order valence-corrected chi connectivity index (χ4v) is 1.72. The molecule has 1 aromatic rings. The van der Waals surface area contributed by atoms with E-state index in [1.54, 1.807) is 0 Å². The van der Waals surface area contributed by atoms with Crippen LogP contribution in [-0.2, 0) is 0 Å². The Labute approximate surface area is 97.9 Å². The van der Waals surface area contributed by atoms with E-state index in [0.29, 0.717) is 12.5 Å². The predicted molar refractivity (Wildman–Crippen MR) is 58.1 cm³/mol. The third-order valence-corrected chi connectivity index (χ3v) is 2.81.